The predicted octanol–water partition coefficient (Wildman–Crippen LogP) is 6.98. The van der Waals surface area contributed by atoms with E-state index in [2.05, 4.69) is 42.5 Å². The standard InChI is InChI=1S/C29H25NO2/c31-30(32)24-11-4-2-6-19(24)20-8-5-10-23-27(20)21-7-1-3-9-22(21)29(23)25-13-17-12-18-14-26(29)28(25,15-17)16-18/h1-11,17-18,25-26H,12-16H2. The molecule has 0 amide bonds. The molecular formula is C29H25NO2. The van der Waals surface area contributed by atoms with Crippen LogP contribution in [-0.2, 0) is 5.41 Å². The van der Waals surface area contributed by atoms with E-state index in [0.29, 0.717) is 5.41 Å². The van der Waals surface area contributed by atoms with E-state index in [0.717, 1.165) is 34.8 Å². The molecule has 3 heteroatoms. The summed E-state index contributed by atoms with van der Waals surface area (Å²) in [7, 11) is 0. The van der Waals surface area contributed by atoms with Gasteiger partial charge in [0.05, 0.1) is 10.5 Å². The van der Waals surface area contributed by atoms with Gasteiger partial charge in [0.25, 0.3) is 5.69 Å². The number of hydrogen-bond donors (Lipinski definition) is 0. The van der Waals surface area contributed by atoms with Gasteiger partial charge in [-0.3, -0.25) is 10.1 Å². The monoisotopic (exact) mass is 419 g/mol. The number of fused-ring (bicyclic) bond motifs is 9. The van der Waals surface area contributed by atoms with Crippen molar-refractivity contribution in [1.82, 2.24) is 0 Å². The van der Waals surface area contributed by atoms with Gasteiger partial charge in [-0.2, -0.15) is 0 Å². The Morgan fingerprint density at radius 2 is 1.34 bits per heavy atom. The Hall–Kier alpha value is -2.94. The zero-order chi connectivity index (χ0) is 21.2. The van der Waals surface area contributed by atoms with E-state index >= 15 is 0 Å². The Bertz CT molecular complexity index is 1320. The summed E-state index contributed by atoms with van der Waals surface area (Å²) in [6.45, 7) is 0. The van der Waals surface area contributed by atoms with E-state index in [-0.39, 0.29) is 16.0 Å². The molecule has 4 atom stereocenters. The second-order valence-corrected chi connectivity index (χ2v) is 11.1. The zero-order valence-corrected chi connectivity index (χ0v) is 18.0. The summed E-state index contributed by atoms with van der Waals surface area (Å²) in [6, 6.07) is 22.9. The minimum atomic E-state index is -0.235. The van der Waals surface area contributed by atoms with Gasteiger partial charge in [-0.15, -0.1) is 0 Å². The lowest BCUT2D eigenvalue weighted by Gasteiger charge is -2.64. The summed E-state index contributed by atoms with van der Waals surface area (Å²) in [6.07, 6.45) is 7.09. The largest absolute Gasteiger partial charge is 0.277 e. The lowest BCUT2D eigenvalue weighted by atomic mass is 9.38. The number of rotatable bonds is 2. The van der Waals surface area contributed by atoms with Gasteiger partial charge >= 0.3 is 0 Å². The molecular weight excluding hydrogens is 394 g/mol. The van der Waals surface area contributed by atoms with Crippen LogP contribution in [0.1, 0.15) is 43.2 Å². The summed E-state index contributed by atoms with van der Waals surface area (Å²) >= 11 is 0. The number of benzene rings is 3. The summed E-state index contributed by atoms with van der Waals surface area (Å²) in [4.78, 5) is 11.6. The quantitative estimate of drug-likeness (QED) is 0.332. The van der Waals surface area contributed by atoms with Crippen molar-refractivity contribution in [3.8, 4) is 22.3 Å². The average molecular weight is 420 g/mol. The molecule has 3 aromatic rings. The maximum atomic E-state index is 11.9. The van der Waals surface area contributed by atoms with Crippen molar-refractivity contribution < 1.29 is 4.92 Å². The second kappa shape index (κ2) is 5.51. The van der Waals surface area contributed by atoms with Crippen molar-refractivity contribution in [3.05, 3.63) is 88.0 Å². The number of hydrogen-bond acceptors (Lipinski definition) is 2. The van der Waals surface area contributed by atoms with Crippen LogP contribution >= 0.6 is 0 Å². The minimum absolute atomic E-state index is 0.120. The fourth-order valence-corrected chi connectivity index (χ4v) is 9.76. The molecule has 4 unspecified atom stereocenters. The fraction of sp³-hybridized carbons (Fsp3) is 0.379. The van der Waals surface area contributed by atoms with Crippen LogP contribution in [0.5, 0.6) is 0 Å². The SMILES string of the molecule is O=[N+]([O-])c1ccccc1-c1cccc2c1-c1ccccc1C21C2CC3CC4CC1C2(C3)C4. The van der Waals surface area contributed by atoms with Gasteiger partial charge in [0.15, 0.2) is 0 Å². The van der Waals surface area contributed by atoms with Crippen molar-refractivity contribution in [2.75, 3.05) is 0 Å². The third kappa shape index (κ3) is 1.73. The van der Waals surface area contributed by atoms with Crippen LogP contribution in [0.4, 0.5) is 5.69 Å². The molecule has 0 heterocycles. The number of nitrogens with zero attached hydrogens (tertiary/aromatic N) is 1. The molecule has 0 radical (unpaired) electrons. The van der Waals surface area contributed by atoms with Crippen molar-refractivity contribution in [2.24, 2.45) is 29.1 Å². The summed E-state index contributed by atoms with van der Waals surface area (Å²) < 4.78 is 0. The molecule has 4 fully saturated rings. The average Bonchev–Trinajstić information content (AvgIpc) is 3.34. The Morgan fingerprint density at radius 1 is 0.719 bits per heavy atom. The molecule has 158 valence electrons. The molecule has 32 heavy (non-hydrogen) atoms. The van der Waals surface area contributed by atoms with Gasteiger partial charge in [0.1, 0.15) is 0 Å². The van der Waals surface area contributed by atoms with Crippen LogP contribution in [0, 0.1) is 39.2 Å². The van der Waals surface area contributed by atoms with Gasteiger partial charge in [0.2, 0.25) is 0 Å². The van der Waals surface area contributed by atoms with Crippen LogP contribution in [0.15, 0.2) is 66.7 Å². The van der Waals surface area contributed by atoms with Crippen molar-refractivity contribution in [1.29, 1.82) is 0 Å². The molecule has 0 saturated heterocycles. The lowest BCUT2D eigenvalue weighted by molar-refractivity contribution is -0.384. The van der Waals surface area contributed by atoms with Crippen LogP contribution in [0.2, 0.25) is 0 Å². The molecule has 0 N–H and O–H groups in total. The maximum absolute atomic E-state index is 11.9. The molecule has 4 saturated carbocycles. The first-order valence-corrected chi connectivity index (χ1v) is 12.1. The zero-order valence-electron chi connectivity index (χ0n) is 18.0. The highest BCUT2D eigenvalue weighted by Crippen LogP contribution is 2.85. The molecule has 3 aromatic carbocycles. The molecule has 3 bridgehead atoms. The van der Waals surface area contributed by atoms with E-state index in [9.17, 15) is 10.1 Å². The number of nitro benzene ring substituents is 1. The van der Waals surface area contributed by atoms with Crippen LogP contribution in [0.3, 0.4) is 0 Å². The van der Waals surface area contributed by atoms with Gasteiger partial charge in [-0.05, 0) is 95.1 Å². The third-order valence-electron chi connectivity index (χ3n) is 10.2. The first-order valence-electron chi connectivity index (χ1n) is 12.1. The molecule has 2 spiro atoms. The topological polar surface area (TPSA) is 43.1 Å². The highest BCUT2D eigenvalue weighted by molar-refractivity contribution is 5.95. The Labute approximate surface area is 187 Å². The highest BCUT2D eigenvalue weighted by Gasteiger charge is 2.79. The van der Waals surface area contributed by atoms with Gasteiger partial charge in [0, 0.05) is 11.5 Å². The fourth-order valence-electron chi connectivity index (χ4n) is 9.76. The van der Waals surface area contributed by atoms with Gasteiger partial charge in [-0.1, -0.05) is 54.6 Å². The summed E-state index contributed by atoms with van der Waals surface area (Å²) in [5.74, 6) is 3.30. The summed E-state index contributed by atoms with van der Waals surface area (Å²) in [5, 5.41) is 11.9. The first kappa shape index (κ1) is 17.6. The normalized spacial score (nSPS) is 36.6. The van der Waals surface area contributed by atoms with E-state index in [1.165, 1.54) is 54.4 Å². The Kier molecular flexibility index (Phi) is 3.03. The molecule has 5 aliphatic rings. The van der Waals surface area contributed by atoms with Crippen LogP contribution < -0.4 is 0 Å². The number of para-hydroxylation sites is 1. The van der Waals surface area contributed by atoms with Crippen molar-refractivity contribution in [2.45, 2.75) is 37.5 Å². The smallest absolute Gasteiger partial charge is 0.258 e. The maximum Gasteiger partial charge on any atom is 0.277 e. The minimum Gasteiger partial charge on any atom is -0.258 e. The predicted molar refractivity (Wildman–Crippen MR) is 124 cm³/mol. The second-order valence-electron chi connectivity index (χ2n) is 11.1. The van der Waals surface area contributed by atoms with Crippen LogP contribution in [0.25, 0.3) is 22.3 Å². The lowest BCUT2D eigenvalue weighted by Crippen LogP contribution is -2.62. The third-order valence-corrected chi connectivity index (χ3v) is 10.2. The van der Waals surface area contributed by atoms with Crippen molar-refractivity contribution >= 4 is 5.69 Å². The molecule has 0 aliphatic heterocycles. The van der Waals surface area contributed by atoms with Gasteiger partial charge in [-0.25, -0.2) is 0 Å². The Morgan fingerprint density at radius 3 is 2.09 bits per heavy atom. The molecule has 5 aliphatic carbocycles. The number of nitro groups is 1. The van der Waals surface area contributed by atoms with Crippen molar-refractivity contribution in [3.63, 3.8) is 0 Å². The highest BCUT2D eigenvalue weighted by atomic mass is 16.6. The van der Waals surface area contributed by atoms with E-state index < -0.39 is 0 Å². The molecule has 3 nitrogen and oxygen atoms in total. The molecule has 0 aromatic heterocycles. The molecule has 8 rings (SSSR count). The van der Waals surface area contributed by atoms with Crippen LogP contribution in [-0.4, -0.2) is 4.92 Å². The first-order chi connectivity index (χ1) is 15.6. The van der Waals surface area contributed by atoms with Gasteiger partial charge < -0.3 is 0 Å². The Balaban J connectivity index is 1.44. The van der Waals surface area contributed by atoms with E-state index in [1.807, 2.05) is 12.1 Å². The summed E-state index contributed by atoms with van der Waals surface area (Å²) in [5.41, 5.74) is 8.20. The van der Waals surface area contributed by atoms with E-state index in [1.54, 1.807) is 12.1 Å². The van der Waals surface area contributed by atoms with E-state index in [4.69, 9.17) is 0 Å².